The van der Waals surface area contributed by atoms with Crippen molar-refractivity contribution in [2.75, 3.05) is 13.7 Å². The highest BCUT2D eigenvalue weighted by molar-refractivity contribution is 5.41. The van der Waals surface area contributed by atoms with Gasteiger partial charge in [0.15, 0.2) is 0 Å². The van der Waals surface area contributed by atoms with Gasteiger partial charge in [-0.15, -0.1) is 0 Å². The first kappa shape index (κ1) is 14.8. The number of phenolic OH excluding ortho intramolecular Hbond substituents is 1. The highest BCUT2D eigenvalue weighted by Gasteiger charge is 2.21. The predicted octanol–water partition coefficient (Wildman–Crippen LogP) is 3.58. The number of phenols is 1. The van der Waals surface area contributed by atoms with Crippen molar-refractivity contribution in [3.05, 3.63) is 23.8 Å². The van der Waals surface area contributed by atoms with E-state index >= 15 is 0 Å². The van der Waals surface area contributed by atoms with Crippen molar-refractivity contribution in [2.24, 2.45) is 0 Å². The van der Waals surface area contributed by atoms with E-state index in [1.54, 1.807) is 13.2 Å². The van der Waals surface area contributed by atoms with Crippen LogP contribution in [-0.4, -0.2) is 29.7 Å². The average Bonchev–Trinajstić information content (AvgIpc) is 2.38. The number of methoxy groups -OCH3 is 1. The minimum atomic E-state index is 0.204. The van der Waals surface area contributed by atoms with Gasteiger partial charge in [-0.05, 0) is 32.9 Å². The molecule has 0 fully saturated rings. The molecule has 0 heterocycles. The third kappa shape index (κ3) is 3.16. The van der Waals surface area contributed by atoms with Gasteiger partial charge in [0.1, 0.15) is 11.5 Å². The molecule has 1 aromatic carbocycles. The second kappa shape index (κ2) is 6.64. The zero-order chi connectivity index (χ0) is 13.7. The van der Waals surface area contributed by atoms with Crippen LogP contribution in [0.1, 0.15) is 45.7 Å². The second-order valence-corrected chi connectivity index (χ2v) is 4.69. The molecule has 0 amide bonds. The monoisotopic (exact) mass is 251 g/mol. The zero-order valence-electron chi connectivity index (χ0n) is 12.1. The normalized spacial score (nSPS) is 14.6. The molecule has 2 atom stereocenters. The smallest absolute Gasteiger partial charge is 0.124 e. The maximum absolute atomic E-state index is 10.1. The molecule has 2 unspecified atom stereocenters. The molecular weight excluding hydrogens is 226 g/mol. The van der Waals surface area contributed by atoms with Crippen molar-refractivity contribution >= 4 is 0 Å². The largest absolute Gasteiger partial charge is 0.507 e. The number of ether oxygens (including phenoxy) is 1. The van der Waals surface area contributed by atoms with Gasteiger partial charge in [0.05, 0.1) is 7.11 Å². The molecule has 0 spiro atoms. The van der Waals surface area contributed by atoms with Gasteiger partial charge in [-0.2, -0.15) is 0 Å². The second-order valence-electron chi connectivity index (χ2n) is 4.69. The Kier molecular flexibility index (Phi) is 5.48. The van der Waals surface area contributed by atoms with Gasteiger partial charge in [-0.1, -0.05) is 19.9 Å². The maximum Gasteiger partial charge on any atom is 0.124 e. The molecule has 18 heavy (non-hydrogen) atoms. The van der Waals surface area contributed by atoms with Crippen LogP contribution in [0.4, 0.5) is 0 Å². The fraction of sp³-hybridized carbons (Fsp3) is 0.600. The molecule has 0 bridgehead atoms. The summed E-state index contributed by atoms with van der Waals surface area (Å²) >= 11 is 0. The van der Waals surface area contributed by atoms with Crippen molar-refractivity contribution in [2.45, 2.75) is 46.2 Å². The summed E-state index contributed by atoms with van der Waals surface area (Å²) in [6.07, 6.45) is 1.11. The lowest BCUT2D eigenvalue weighted by Gasteiger charge is -2.33. The standard InChI is InChI=1S/C15H25NO2/c1-6-11(3)16(7-2)12(4)14-9-8-13(18-5)10-15(14)17/h8-12,17H,6-7H2,1-5H3. The number of hydrogen-bond donors (Lipinski definition) is 1. The van der Waals surface area contributed by atoms with Crippen molar-refractivity contribution in [3.63, 3.8) is 0 Å². The number of aromatic hydroxyl groups is 1. The van der Waals surface area contributed by atoms with Gasteiger partial charge in [-0.3, -0.25) is 4.90 Å². The highest BCUT2D eigenvalue weighted by atomic mass is 16.5. The molecule has 1 rings (SSSR count). The third-order valence-corrected chi connectivity index (χ3v) is 3.71. The minimum Gasteiger partial charge on any atom is -0.507 e. The van der Waals surface area contributed by atoms with E-state index in [2.05, 4.69) is 32.6 Å². The molecule has 0 aromatic heterocycles. The summed E-state index contributed by atoms with van der Waals surface area (Å²) in [6.45, 7) is 9.68. The Balaban J connectivity index is 2.98. The van der Waals surface area contributed by atoms with Gasteiger partial charge in [-0.25, -0.2) is 0 Å². The topological polar surface area (TPSA) is 32.7 Å². The summed E-state index contributed by atoms with van der Waals surface area (Å²) < 4.78 is 5.11. The van der Waals surface area contributed by atoms with Crippen LogP contribution in [0.3, 0.4) is 0 Å². The molecule has 1 aromatic rings. The Hall–Kier alpha value is -1.22. The summed E-state index contributed by atoms with van der Waals surface area (Å²) in [5.74, 6) is 0.999. The van der Waals surface area contributed by atoms with Gasteiger partial charge in [0.25, 0.3) is 0 Å². The Morgan fingerprint density at radius 2 is 1.94 bits per heavy atom. The van der Waals surface area contributed by atoms with Crippen LogP contribution in [0.2, 0.25) is 0 Å². The summed E-state index contributed by atoms with van der Waals surface area (Å²) in [7, 11) is 1.61. The van der Waals surface area contributed by atoms with Gasteiger partial charge in [0, 0.05) is 23.7 Å². The van der Waals surface area contributed by atoms with E-state index in [1.165, 1.54) is 0 Å². The summed E-state index contributed by atoms with van der Waals surface area (Å²) in [4.78, 5) is 2.39. The van der Waals surface area contributed by atoms with Crippen LogP contribution >= 0.6 is 0 Å². The van der Waals surface area contributed by atoms with Crippen molar-refractivity contribution in [1.29, 1.82) is 0 Å². The van der Waals surface area contributed by atoms with E-state index in [0.29, 0.717) is 17.5 Å². The zero-order valence-corrected chi connectivity index (χ0v) is 12.1. The molecular formula is C15H25NO2. The Morgan fingerprint density at radius 1 is 1.28 bits per heavy atom. The van der Waals surface area contributed by atoms with Crippen LogP contribution in [-0.2, 0) is 0 Å². The molecule has 3 nitrogen and oxygen atoms in total. The summed E-state index contributed by atoms with van der Waals surface area (Å²) in [5.41, 5.74) is 0.956. The Labute approximate surface area is 110 Å². The van der Waals surface area contributed by atoms with Crippen LogP contribution in [0.25, 0.3) is 0 Å². The van der Waals surface area contributed by atoms with Crippen molar-refractivity contribution < 1.29 is 9.84 Å². The van der Waals surface area contributed by atoms with E-state index < -0.39 is 0 Å². The predicted molar refractivity (Wildman–Crippen MR) is 75.2 cm³/mol. The van der Waals surface area contributed by atoms with E-state index in [4.69, 9.17) is 4.74 Å². The van der Waals surface area contributed by atoms with Gasteiger partial charge >= 0.3 is 0 Å². The average molecular weight is 251 g/mol. The molecule has 0 aliphatic carbocycles. The first-order chi connectivity index (χ1) is 8.54. The number of nitrogens with zero attached hydrogens (tertiary/aromatic N) is 1. The minimum absolute atomic E-state index is 0.204. The van der Waals surface area contributed by atoms with E-state index in [9.17, 15) is 5.11 Å². The fourth-order valence-electron chi connectivity index (χ4n) is 2.38. The quantitative estimate of drug-likeness (QED) is 0.838. The highest BCUT2D eigenvalue weighted by Crippen LogP contribution is 2.32. The molecule has 0 aliphatic rings. The van der Waals surface area contributed by atoms with Gasteiger partial charge in [0.2, 0.25) is 0 Å². The van der Waals surface area contributed by atoms with E-state index in [-0.39, 0.29) is 6.04 Å². The number of rotatable bonds is 6. The Bertz CT molecular complexity index is 379. The third-order valence-electron chi connectivity index (χ3n) is 3.71. The molecule has 0 radical (unpaired) electrons. The summed E-state index contributed by atoms with van der Waals surface area (Å²) in [5, 5.41) is 10.1. The number of benzene rings is 1. The van der Waals surface area contributed by atoms with Crippen LogP contribution in [0.15, 0.2) is 18.2 Å². The van der Waals surface area contributed by atoms with Crippen LogP contribution in [0.5, 0.6) is 11.5 Å². The lowest BCUT2D eigenvalue weighted by atomic mass is 10.0. The molecule has 102 valence electrons. The number of hydrogen-bond acceptors (Lipinski definition) is 3. The van der Waals surface area contributed by atoms with Gasteiger partial charge < -0.3 is 9.84 Å². The molecule has 1 N–H and O–H groups in total. The van der Waals surface area contributed by atoms with Crippen molar-refractivity contribution in [1.82, 2.24) is 4.90 Å². The molecule has 0 saturated heterocycles. The lowest BCUT2D eigenvalue weighted by molar-refractivity contribution is 0.157. The van der Waals surface area contributed by atoms with E-state index in [1.807, 2.05) is 12.1 Å². The van der Waals surface area contributed by atoms with Crippen LogP contribution < -0.4 is 4.74 Å². The maximum atomic E-state index is 10.1. The first-order valence-corrected chi connectivity index (χ1v) is 6.67. The SMILES string of the molecule is CCC(C)N(CC)C(C)c1ccc(OC)cc1O. The van der Waals surface area contributed by atoms with Crippen LogP contribution in [0, 0.1) is 0 Å². The molecule has 0 aliphatic heterocycles. The molecule has 0 saturated carbocycles. The lowest BCUT2D eigenvalue weighted by Crippen LogP contribution is -2.34. The first-order valence-electron chi connectivity index (χ1n) is 6.67. The van der Waals surface area contributed by atoms with E-state index in [0.717, 1.165) is 18.5 Å². The fourth-order valence-corrected chi connectivity index (χ4v) is 2.38. The Morgan fingerprint density at radius 3 is 2.39 bits per heavy atom. The molecule has 3 heteroatoms. The summed E-state index contributed by atoms with van der Waals surface area (Å²) in [6, 6.07) is 6.23. The van der Waals surface area contributed by atoms with Crippen molar-refractivity contribution in [3.8, 4) is 11.5 Å².